The lowest BCUT2D eigenvalue weighted by atomic mass is 10.0. The van der Waals surface area contributed by atoms with Crippen LogP contribution in [0.5, 0.6) is 0 Å². The Morgan fingerprint density at radius 2 is 2.22 bits per heavy atom. The molecule has 1 aromatic heterocycles. The Balaban J connectivity index is 2.28. The van der Waals surface area contributed by atoms with Crippen molar-refractivity contribution >= 4 is 5.97 Å². The van der Waals surface area contributed by atoms with Gasteiger partial charge in [0.25, 0.3) is 0 Å². The van der Waals surface area contributed by atoms with E-state index in [0.717, 1.165) is 18.5 Å². The van der Waals surface area contributed by atoms with Gasteiger partial charge in [-0.1, -0.05) is 13.0 Å². The standard InChI is InChI=1S/C14H16N2O2/c1-3-11-9-12(14(17)18-2)5-6-13(11)10-16-8-4-7-15-16/h4-9H,3,10H2,1-2H3. The van der Waals surface area contributed by atoms with Crippen LogP contribution in [0.3, 0.4) is 0 Å². The molecule has 0 saturated carbocycles. The summed E-state index contributed by atoms with van der Waals surface area (Å²) in [5, 5.41) is 4.19. The molecule has 18 heavy (non-hydrogen) atoms. The first-order valence-electron chi connectivity index (χ1n) is 5.92. The summed E-state index contributed by atoms with van der Waals surface area (Å²) in [5.41, 5.74) is 2.92. The molecule has 94 valence electrons. The van der Waals surface area contributed by atoms with Gasteiger partial charge in [-0.2, -0.15) is 5.10 Å². The zero-order chi connectivity index (χ0) is 13.0. The molecule has 1 aromatic carbocycles. The summed E-state index contributed by atoms with van der Waals surface area (Å²) in [4.78, 5) is 11.5. The lowest BCUT2D eigenvalue weighted by molar-refractivity contribution is 0.0600. The van der Waals surface area contributed by atoms with Crippen molar-refractivity contribution < 1.29 is 9.53 Å². The molecule has 0 unspecified atom stereocenters. The van der Waals surface area contributed by atoms with Crippen LogP contribution in [0.4, 0.5) is 0 Å². The van der Waals surface area contributed by atoms with Crippen LogP contribution in [0.15, 0.2) is 36.7 Å². The van der Waals surface area contributed by atoms with Crippen molar-refractivity contribution in [3.8, 4) is 0 Å². The number of nitrogens with zero attached hydrogens (tertiary/aromatic N) is 2. The minimum Gasteiger partial charge on any atom is -0.465 e. The van der Waals surface area contributed by atoms with Gasteiger partial charge in [-0.3, -0.25) is 4.68 Å². The Bertz CT molecular complexity index is 533. The van der Waals surface area contributed by atoms with Crippen LogP contribution < -0.4 is 0 Å². The topological polar surface area (TPSA) is 44.1 Å². The summed E-state index contributed by atoms with van der Waals surface area (Å²) in [6.45, 7) is 2.79. The van der Waals surface area contributed by atoms with E-state index in [4.69, 9.17) is 4.74 Å². The second kappa shape index (κ2) is 5.49. The third-order valence-corrected chi connectivity index (χ3v) is 2.90. The van der Waals surface area contributed by atoms with E-state index >= 15 is 0 Å². The third-order valence-electron chi connectivity index (χ3n) is 2.90. The highest BCUT2D eigenvalue weighted by atomic mass is 16.5. The Labute approximate surface area is 106 Å². The van der Waals surface area contributed by atoms with Crippen LogP contribution in [0.1, 0.15) is 28.4 Å². The predicted molar refractivity (Wildman–Crippen MR) is 68.5 cm³/mol. The quantitative estimate of drug-likeness (QED) is 0.775. The van der Waals surface area contributed by atoms with Crippen molar-refractivity contribution in [2.75, 3.05) is 7.11 Å². The van der Waals surface area contributed by atoms with Gasteiger partial charge in [0, 0.05) is 12.4 Å². The summed E-state index contributed by atoms with van der Waals surface area (Å²) in [5.74, 6) is -0.296. The van der Waals surface area contributed by atoms with Crippen LogP contribution in [-0.2, 0) is 17.7 Å². The zero-order valence-corrected chi connectivity index (χ0v) is 10.6. The summed E-state index contributed by atoms with van der Waals surface area (Å²) in [7, 11) is 1.39. The Hall–Kier alpha value is -2.10. The number of methoxy groups -OCH3 is 1. The molecule has 0 saturated heterocycles. The molecule has 0 spiro atoms. The summed E-state index contributed by atoms with van der Waals surface area (Å²) in [6.07, 6.45) is 4.56. The average molecular weight is 244 g/mol. The largest absolute Gasteiger partial charge is 0.465 e. The van der Waals surface area contributed by atoms with Gasteiger partial charge in [-0.15, -0.1) is 0 Å². The van der Waals surface area contributed by atoms with Crippen molar-refractivity contribution in [2.24, 2.45) is 0 Å². The molecule has 0 N–H and O–H groups in total. The van der Waals surface area contributed by atoms with Crippen LogP contribution in [0, 0.1) is 0 Å². The molecule has 0 fully saturated rings. The van der Waals surface area contributed by atoms with E-state index in [2.05, 4.69) is 12.0 Å². The highest BCUT2D eigenvalue weighted by Crippen LogP contribution is 2.15. The van der Waals surface area contributed by atoms with Crippen molar-refractivity contribution in [3.63, 3.8) is 0 Å². The normalized spacial score (nSPS) is 10.3. The molecule has 0 bridgehead atoms. The highest BCUT2D eigenvalue weighted by Gasteiger charge is 2.09. The van der Waals surface area contributed by atoms with Crippen LogP contribution in [-0.4, -0.2) is 22.9 Å². The maximum Gasteiger partial charge on any atom is 0.337 e. The smallest absolute Gasteiger partial charge is 0.337 e. The SMILES string of the molecule is CCc1cc(C(=O)OC)ccc1Cn1cccn1. The molecule has 4 heteroatoms. The molecule has 0 radical (unpaired) electrons. The van der Waals surface area contributed by atoms with Crippen molar-refractivity contribution in [3.05, 3.63) is 53.3 Å². The van der Waals surface area contributed by atoms with Gasteiger partial charge in [0.1, 0.15) is 0 Å². The number of benzene rings is 1. The number of rotatable bonds is 4. The van der Waals surface area contributed by atoms with Gasteiger partial charge in [-0.25, -0.2) is 4.79 Å². The molecule has 2 rings (SSSR count). The number of aromatic nitrogens is 2. The number of hydrogen-bond donors (Lipinski definition) is 0. The zero-order valence-electron chi connectivity index (χ0n) is 10.6. The average Bonchev–Trinajstić information content (AvgIpc) is 2.91. The van der Waals surface area contributed by atoms with Crippen molar-refractivity contribution in [1.29, 1.82) is 0 Å². The van der Waals surface area contributed by atoms with Crippen molar-refractivity contribution in [1.82, 2.24) is 9.78 Å². The minimum atomic E-state index is -0.296. The number of aryl methyl sites for hydroxylation is 1. The second-order valence-corrected chi connectivity index (χ2v) is 4.03. The maximum absolute atomic E-state index is 11.5. The second-order valence-electron chi connectivity index (χ2n) is 4.03. The van der Waals surface area contributed by atoms with Crippen molar-refractivity contribution in [2.45, 2.75) is 19.9 Å². The molecule has 0 aliphatic heterocycles. The molecular formula is C14H16N2O2. The van der Waals surface area contributed by atoms with Gasteiger partial charge in [-0.05, 0) is 35.7 Å². The summed E-state index contributed by atoms with van der Waals surface area (Å²) >= 11 is 0. The molecule has 4 nitrogen and oxygen atoms in total. The van der Waals surface area contributed by atoms with E-state index < -0.39 is 0 Å². The van der Waals surface area contributed by atoms with Crippen LogP contribution in [0.25, 0.3) is 0 Å². The number of ether oxygens (including phenoxy) is 1. The fourth-order valence-corrected chi connectivity index (χ4v) is 1.92. The third kappa shape index (κ3) is 2.59. The summed E-state index contributed by atoms with van der Waals surface area (Å²) < 4.78 is 6.59. The number of carbonyl (C=O) groups is 1. The minimum absolute atomic E-state index is 0.296. The van der Waals surface area contributed by atoms with Gasteiger partial charge in [0.2, 0.25) is 0 Å². The Morgan fingerprint density at radius 1 is 1.39 bits per heavy atom. The molecule has 2 aromatic rings. The van der Waals surface area contributed by atoms with E-state index in [-0.39, 0.29) is 5.97 Å². The molecule has 1 heterocycles. The molecular weight excluding hydrogens is 228 g/mol. The van der Waals surface area contributed by atoms with Gasteiger partial charge in [0.05, 0.1) is 19.2 Å². The van der Waals surface area contributed by atoms with Gasteiger partial charge >= 0.3 is 5.97 Å². The fraction of sp³-hybridized carbons (Fsp3) is 0.286. The molecule has 0 amide bonds. The van der Waals surface area contributed by atoms with Gasteiger partial charge in [0.15, 0.2) is 0 Å². The van der Waals surface area contributed by atoms with E-state index in [0.29, 0.717) is 5.56 Å². The molecule has 0 atom stereocenters. The Kier molecular flexibility index (Phi) is 3.77. The first-order chi connectivity index (χ1) is 8.74. The van der Waals surface area contributed by atoms with E-state index in [1.807, 2.05) is 29.1 Å². The first-order valence-corrected chi connectivity index (χ1v) is 5.92. The fourth-order valence-electron chi connectivity index (χ4n) is 1.92. The van der Waals surface area contributed by atoms with Gasteiger partial charge < -0.3 is 4.74 Å². The predicted octanol–water partition coefficient (Wildman–Crippen LogP) is 2.28. The lowest BCUT2D eigenvalue weighted by Crippen LogP contribution is -2.06. The monoisotopic (exact) mass is 244 g/mol. The molecule has 0 aliphatic rings. The molecule has 0 aliphatic carbocycles. The first kappa shape index (κ1) is 12.4. The van der Waals surface area contributed by atoms with E-state index in [1.165, 1.54) is 12.7 Å². The van der Waals surface area contributed by atoms with Crippen LogP contribution >= 0.6 is 0 Å². The highest BCUT2D eigenvalue weighted by molar-refractivity contribution is 5.89. The summed E-state index contributed by atoms with van der Waals surface area (Å²) in [6, 6.07) is 7.55. The lowest BCUT2D eigenvalue weighted by Gasteiger charge is -2.10. The van der Waals surface area contributed by atoms with Crippen LogP contribution in [0.2, 0.25) is 0 Å². The van der Waals surface area contributed by atoms with E-state index in [9.17, 15) is 4.79 Å². The number of esters is 1. The Morgan fingerprint density at radius 3 is 2.83 bits per heavy atom. The maximum atomic E-state index is 11.5. The van der Waals surface area contributed by atoms with E-state index in [1.54, 1.807) is 12.3 Å². The number of hydrogen-bond acceptors (Lipinski definition) is 3. The number of carbonyl (C=O) groups excluding carboxylic acids is 1.